The molecular weight excluding hydrogens is 443 g/mol. The normalized spacial score (nSPS) is 15.9. The summed E-state index contributed by atoms with van der Waals surface area (Å²) in [4.78, 5) is 9.54. The summed E-state index contributed by atoms with van der Waals surface area (Å²) in [7, 11) is 3.84. The van der Waals surface area contributed by atoms with Gasteiger partial charge in [-0.2, -0.15) is 0 Å². The lowest BCUT2D eigenvalue weighted by Crippen LogP contribution is -2.44. The molecule has 0 saturated carbocycles. The van der Waals surface area contributed by atoms with Gasteiger partial charge < -0.3 is 9.80 Å². The third-order valence-electron chi connectivity index (χ3n) is 4.95. The smallest absolute Gasteiger partial charge is 0.150 e. The zero-order valence-electron chi connectivity index (χ0n) is 14.4. The van der Waals surface area contributed by atoms with Gasteiger partial charge in [-0.15, -0.1) is 0 Å². The Hall–Kier alpha value is -1.25. The number of aryl methyl sites for hydroxylation is 1. The minimum atomic E-state index is 1.04. The van der Waals surface area contributed by atoms with Gasteiger partial charge in [0.2, 0.25) is 0 Å². The van der Waals surface area contributed by atoms with Crippen molar-refractivity contribution in [3.8, 4) is 11.1 Å². The van der Waals surface area contributed by atoms with Gasteiger partial charge in [0.05, 0.1) is 0 Å². The molecule has 6 heteroatoms. The Labute approximate surface area is 164 Å². The molecule has 3 heterocycles. The number of nitrogens with zero attached hydrogens (tertiary/aromatic N) is 4. The second-order valence-electron chi connectivity index (χ2n) is 6.64. The summed E-state index contributed by atoms with van der Waals surface area (Å²) in [5, 5.41) is 1.23. The Kier molecular flexibility index (Phi) is 4.92. The molecule has 4 nitrogen and oxygen atoms in total. The predicted octanol–water partition coefficient (Wildman–Crippen LogP) is 4.61. The van der Waals surface area contributed by atoms with Crippen LogP contribution in [0.5, 0.6) is 0 Å². The lowest BCUT2D eigenvalue weighted by atomic mass is 10.1. The summed E-state index contributed by atoms with van der Waals surface area (Å²) in [5.41, 5.74) is 6.02. The van der Waals surface area contributed by atoms with Gasteiger partial charge in [-0.1, -0.05) is 12.1 Å². The maximum absolute atomic E-state index is 4.69. The zero-order chi connectivity index (χ0) is 17.4. The lowest BCUT2D eigenvalue weighted by Gasteiger charge is -2.34. The molecule has 1 aliphatic heterocycles. The van der Waals surface area contributed by atoms with Crippen LogP contribution in [0, 0.1) is 6.92 Å². The first-order chi connectivity index (χ1) is 12.2. The van der Waals surface area contributed by atoms with Crippen molar-refractivity contribution >= 4 is 47.0 Å². The average Bonchev–Trinajstić information content (AvgIpc) is 2.98. The molecule has 0 radical (unpaired) electrons. The van der Waals surface area contributed by atoms with Crippen LogP contribution in [0.25, 0.3) is 22.2 Å². The molecule has 0 atom stereocenters. The molecule has 0 N–H and O–H groups in total. The number of hydrogen-bond donors (Lipinski definition) is 0. The Balaban J connectivity index is 1.61. The van der Waals surface area contributed by atoms with Gasteiger partial charge in [0, 0.05) is 85.5 Å². The molecule has 1 aliphatic rings. The molecule has 0 aliphatic carbocycles. The van der Waals surface area contributed by atoms with Crippen molar-refractivity contribution in [1.82, 2.24) is 13.9 Å². The van der Waals surface area contributed by atoms with Gasteiger partial charge in [-0.05, 0) is 43.3 Å². The van der Waals surface area contributed by atoms with E-state index in [1.165, 1.54) is 27.8 Å². The van der Waals surface area contributed by atoms with E-state index in [4.69, 9.17) is 4.98 Å². The van der Waals surface area contributed by atoms with Crippen molar-refractivity contribution in [3.63, 3.8) is 0 Å². The van der Waals surface area contributed by atoms with Crippen LogP contribution in [-0.2, 0) is 0 Å². The third kappa shape index (κ3) is 3.39. The summed E-state index contributed by atoms with van der Waals surface area (Å²) >= 11 is 2.29. The topological polar surface area (TPSA) is 24.3 Å². The Morgan fingerprint density at radius 2 is 1.76 bits per heavy atom. The molecule has 1 fully saturated rings. The zero-order valence-corrected chi connectivity index (χ0v) is 17.4. The van der Waals surface area contributed by atoms with Crippen LogP contribution in [0.1, 0.15) is 5.56 Å². The number of aromatic nitrogens is 2. The van der Waals surface area contributed by atoms with Gasteiger partial charge in [0.25, 0.3) is 0 Å². The van der Waals surface area contributed by atoms with Crippen molar-refractivity contribution in [3.05, 3.63) is 48.3 Å². The minimum Gasteiger partial charge on any atom is -0.369 e. The van der Waals surface area contributed by atoms with Crippen LogP contribution < -0.4 is 4.90 Å². The van der Waals surface area contributed by atoms with Gasteiger partial charge in [0.15, 0.2) is 5.65 Å². The number of fused-ring (bicyclic) bond motifs is 1. The van der Waals surface area contributed by atoms with E-state index < -0.39 is 0 Å². The fourth-order valence-corrected chi connectivity index (χ4v) is 4.68. The van der Waals surface area contributed by atoms with Gasteiger partial charge in [-0.25, -0.2) is 4.98 Å². The second-order valence-corrected chi connectivity index (χ2v) is 8.35. The highest BCUT2D eigenvalue weighted by atomic mass is 127. The van der Waals surface area contributed by atoms with Crippen molar-refractivity contribution < 1.29 is 0 Å². The molecule has 3 aromatic rings. The summed E-state index contributed by atoms with van der Waals surface area (Å²) in [6.07, 6.45) is 4.13. The predicted molar refractivity (Wildman–Crippen MR) is 117 cm³/mol. The minimum absolute atomic E-state index is 1.04. The Morgan fingerprint density at radius 1 is 1.04 bits per heavy atom. The van der Waals surface area contributed by atoms with Crippen LogP contribution >= 0.6 is 30.3 Å². The highest BCUT2D eigenvalue weighted by Gasteiger charge is 2.14. The summed E-state index contributed by atoms with van der Waals surface area (Å²) < 4.78 is 2.12. The van der Waals surface area contributed by atoms with E-state index >= 15 is 0 Å². The van der Waals surface area contributed by atoms with E-state index in [2.05, 4.69) is 85.5 Å². The highest BCUT2D eigenvalue weighted by Crippen LogP contribution is 2.30. The molecule has 0 spiro atoms. The summed E-state index contributed by atoms with van der Waals surface area (Å²) in [5.74, 6) is 0. The SMILES string of the molecule is Cc1cn(SI)c2ncc(-c3ccc(N4CCN(C)CC4)cc3)cc12. The first-order valence-corrected chi connectivity index (χ1v) is 11.8. The largest absolute Gasteiger partial charge is 0.369 e. The Morgan fingerprint density at radius 3 is 2.44 bits per heavy atom. The summed E-state index contributed by atoms with van der Waals surface area (Å²) in [6.45, 7) is 6.61. The van der Waals surface area contributed by atoms with E-state index in [1.54, 1.807) is 9.12 Å². The van der Waals surface area contributed by atoms with Gasteiger partial charge in [-0.3, -0.25) is 3.97 Å². The van der Waals surface area contributed by atoms with E-state index in [0.717, 1.165) is 31.8 Å². The molecule has 1 saturated heterocycles. The monoisotopic (exact) mass is 464 g/mol. The maximum Gasteiger partial charge on any atom is 0.150 e. The molecule has 1 aromatic carbocycles. The van der Waals surface area contributed by atoms with Gasteiger partial charge >= 0.3 is 0 Å². The van der Waals surface area contributed by atoms with Crippen LogP contribution in [0.15, 0.2) is 42.7 Å². The summed E-state index contributed by atoms with van der Waals surface area (Å²) in [6, 6.07) is 11.2. The number of hydrogen-bond acceptors (Lipinski definition) is 4. The van der Waals surface area contributed by atoms with Crippen molar-refractivity contribution in [2.75, 3.05) is 38.1 Å². The number of anilines is 1. The molecule has 0 amide bonds. The van der Waals surface area contributed by atoms with Crippen LogP contribution in [-0.4, -0.2) is 47.1 Å². The van der Waals surface area contributed by atoms with Gasteiger partial charge in [0.1, 0.15) is 0 Å². The van der Waals surface area contributed by atoms with Crippen molar-refractivity contribution in [1.29, 1.82) is 0 Å². The van der Waals surface area contributed by atoms with Crippen LogP contribution in [0.3, 0.4) is 0 Å². The fraction of sp³-hybridized carbons (Fsp3) is 0.316. The standard InChI is InChI=1S/C19H21IN4S/c1-14-13-24(25-20)19-18(14)11-16(12-21-19)15-3-5-17(6-4-15)23-9-7-22(2)8-10-23/h3-6,11-13H,7-10H2,1-2H3. The molecule has 4 rings (SSSR count). The maximum atomic E-state index is 4.69. The first kappa shape index (κ1) is 17.2. The number of rotatable bonds is 3. The molecule has 130 valence electrons. The molecule has 0 unspecified atom stereocenters. The van der Waals surface area contributed by atoms with Crippen molar-refractivity contribution in [2.45, 2.75) is 6.92 Å². The van der Waals surface area contributed by atoms with Crippen LogP contribution in [0.2, 0.25) is 0 Å². The number of benzene rings is 1. The quantitative estimate of drug-likeness (QED) is 0.529. The molecule has 25 heavy (non-hydrogen) atoms. The number of piperazine rings is 1. The van der Waals surface area contributed by atoms with E-state index in [-0.39, 0.29) is 0 Å². The number of halogens is 1. The number of pyridine rings is 1. The first-order valence-electron chi connectivity index (χ1n) is 8.46. The highest BCUT2D eigenvalue weighted by molar-refractivity contribution is 14.2. The molecule has 2 aromatic heterocycles. The molecule has 0 bridgehead atoms. The average molecular weight is 464 g/mol. The Bertz CT molecular complexity index is 882. The number of likely N-dealkylation sites (N-methyl/N-ethyl adjacent to an activating group) is 1. The van der Waals surface area contributed by atoms with Crippen molar-refractivity contribution in [2.24, 2.45) is 0 Å². The molecular formula is C19H21IN4S. The van der Waals surface area contributed by atoms with Crippen LogP contribution in [0.4, 0.5) is 5.69 Å². The van der Waals surface area contributed by atoms with E-state index in [9.17, 15) is 0 Å². The lowest BCUT2D eigenvalue weighted by molar-refractivity contribution is 0.313. The van der Waals surface area contributed by atoms with E-state index in [1.807, 2.05) is 6.20 Å². The third-order valence-corrected chi connectivity index (χ3v) is 6.65. The second kappa shape index (κ2) is 7.17. The van der Waals surface area contributed by atoms with E-state index in [0.29, 0.717) is 0 Å². The fourth-order valence-electron chi connectivity index (χ4n) is 3.37.